The highest BCUT2D eigenvalue weighted by Gasteiger charge is 2.22. The molecule has 1 aliphatic rings. The first-order chi connectivity index (χ1) is 8.06. The fraction of sp³-hybridized carbons (Fsp3) is 0. The third kappa shape index (κ3) is 2.41. The van der Waals surface area contributed by atoms with Crippen LogP contribution in [0, 0.1) is 5.21 Å². The van der Waals surface area contributed by atoms with Crippen LogP contribution in [0.15, 0.2) is 30.0 Å². The van der Waals surface area contributed by atoms with Crippen molar-refractivity contribution in [2.45, 2.75) is 0 Å². The highest BCUT2D eigenvalue weighted by molar-refractivity contribution is 6.14. The minimum atomic E-state index is -0.593. The first-order valence-electron chi connectivity index (χ1n) is 4.66. The second-order valence-corrected chi connectivity index (χ2v) is 3.33. The molecule has 0 saturated carbocycles. The van der Waals surface area contributed by atoms with Gasteiger partial charge < -0.3 is 15.8 Å². The Hall–Kier alpha value is -2.38. The van der Waals surface area contributed by atoms with Crippen LogP contribution in [0.2, 0.25) is 0 Å². The first-order valence-corrected chi connectivity index (χ1v) is 4.66. The topological polar surface area (TPSA) is 105 Å². The van der Waals surface area contributed by atoms with E-state index in [2.05, 4.69) is 5.32 Å². The summed E-state index contributed by atoms with van der Waals surface area (Å²) in [7, 11) is 0. The number of carbonyl (C=O) groups excluding carboxylic acids is 2. The molecular formula is C10H8N3O4-. The predicted molar refractivity (Wildman–Crippen MR) is 58.7 cm³/mol. The number of anilines is 1. The van der Waals surface area contributed by atoms with Crippen LogP contribution in [-0.4, -0.2) is 17.1 Å². The van der Waals surface area contributed by atoms with Gasteiger partial charge >= 0.3 is 6.03 Å². The highest BCUT2D eigenvalue weighted by Crippen LogP contribution is 2.16. The lowest BCUT2D eigenvalue weighted by Gasteiger charge is -2.21. The van der Waals surface area contributed by atoms with Crippen molar-refractivity contribution in [2.24, 2.45) is 0 Å². The van der Waals surface area contributed by atoms with E-state index in [9.17, 15) is 14.8 Å². The molecule has 1 aromatic carbocycles. The Morgan fingerprint density at radius 1 is 1.29 bits per heavy atom. The Balaban J connectivity index is 2.29. The fourth-order valence-electron chi connectivity index (χ4n) is 1.38. The lowest BCUT2D eigenvalue weighted by atomic mass is 10.1. The minimum Gasteiger partial charge on any atom is -0.733 e. The maximum absolute atomic E-state index is 11.2. The lowest BCUT2D eigenvalue weighted by molar-refractivity contribution is -0.115. The largest absolute Gasteiger partial charge is 0.733 e. The van der Waals surface area contributed by atoms with Crippen LogP contribution >= 0.6 is 0 Å². The zero-order valence-electron chi connectivity index (χ0n) is 8.51. The monoisotopic (exact) mass is 234 g/mol. The van der Waals surface area contributed by atoms with Gasteiger partial charge in [0.15, 0.2) is 0 Å². The molecule has 2 rings (SSSR count). The molecule has 3 N–H and O–H groups in total. The molecule has 3 amide bonds. The van der Waals surface area contributed by atoms with Crippen molar-refractivity contribution < 1.29 is 14.8 Å². The summed E-state index contributed by atoms with van der Waals surface area (Å²) in [6.07, 6.45) is 1.40. The van der Waals surface area contributed by atoms with Gasteiger partial charge in [-0.2, -0.15) is 0 Å². The molecule has 0 spiro atoms. The molecule has 1 saturated heterocycles. The standard InChI is InChI=1S/C10H8N3O4/c14-9-8(11-10(15)12-9)5-6-2-1-3-7(4-6)13(16)17/h1-5,16H,(H2,11,12,14,15)/q-1/b8-5+. The van der Waals surface area contributed by atoms with Crippen molar-refractivity contribution in [1.82, 2.24) is 10.6 Å². The van der Waals surface area contributed by atoms with Gasteiger partial charge in [0.25, 0.3) is 5.91 Å². The second-order valence-electron chi connectivity index (χ2n) is 3.33. The summed E-state index contributed by atoms with van der Waals surface area (Å²) in [5, 5.41) is 23.4. The molecule has 7 heteroatoms. The van der Waals surface area contributed by atoms with Crippen molar-refractivity contribution in [3.05, 3.63) is 40.7 Å². The van der Waals surface area contributed by atoms with Gasteiger partial charge in [-0.15, -0.1) is 0 Å². The lowest BCUT2D eigenvalue weighted by Crippen LogP contribution is -2.22. The van der Waals surface area contributed by atoms with Crippen molar-refractivity contribution in [3.63, 3.8) is 0 Å². The summed E-state index contributed by atoms with van der Waals surface area (Å²) in [5.74, 6) is -0.539. The molecule has 7 nitrogen and oxygen atoms in total. The third-order valence-corrected chi connectivity index (χ3v) is 2.12. The van der Waals surface area contributed by atoms with Crippen LogP contribution in [0.5, 0.6) is 0 Å². The normalized spacial score (nSPS) is 16.9. The Bertz CT molecular complexity index is 510. The van der Waals surface area contributed by atoms with Crippen molar-refractivity contribution in [2.75, 3.05) is 5.23 Å². The van der Waals surface area contributed by atoms with Crippen LogP contribution in [0.25, 0.3) is 6.08 Å². The average molecular weight is 234 g/mol. The van der Waals surface area contributed by atoms with Gasteiger partial charge in [0, 0.05) is 0 Å². The molecule has 0 unspecified atom stereocenters. The number of hydrogen-bond acceptors (Lipinski definition) is 5. The molecule has 17 heavy (non-hydrogen) atoms. The smallest absolute Gasteiger partial charge is 0.326 e. The molecule has 0 atom stereocenters. The second kappa shape index (κ2) is 4.24. The summed E-state index contributed by atoms with van der Waals surface area (Å²) < 4.78 is 0. The molecule has 1 aliphatic heterocycles. The number of nitrogens with one attached hydrogen (secondary N) is 2. The van der Waals surface area contributed by atoms with Crippen molar-refractivity contribution >= 4 is 23.7 Å². The summed E-state index contributed by atoms with van der Waals surface area (Å²) in [4.78, 5) is 22.1. The van der Waals surface area contributed by atoms with E-state index in [1.807, 2.05) is 5.32 Å². The van der Waals surface area contributed by atoms with E-state index in [0.29, 0.717) is 5.56 Å². The SMILES string of the molecule is O=C1NC(=O)/C(=C\c2cccc(N([O-])O)c2)N1. The number of urea groups is 1. The number of rotatable bonds is 2. The first kappa shape index (κ1) is 11.1. The van der Waals surface area contributed by atoms with Crippen LogP contribution in [0.3, 0.4) is 0 Å². The minimum absolute atomic E-state index is 0.0316. The summed E-state index contributed by atoms with van der Waals surface area (Å²) >= 11 is 0. The van der Waals surface area contributed by atoms with E-state index in [1.165, 1.54) is 24.3 Å². The maximum atomic E-state index is 11.2. The molecule has 0 aromatic heterocycles. The molecule has 1 heterocycles. The Labute approximate surface area is 95.9 Å². The molecule has 0 aliphatic carbocycles. The van der Waals surface area contributed by atoms with Gasteiger partial charge in [-0.25, -0.2) is 4.79 Å². The molecule has 0 radical (unpaired) electrons. The summed E-state index contributed by atoms with van der Waals surface area (Å²) in [5.41, 5.74) is 0.622. The number of carbonyl (C=O) groups is 2. The molecular weight excluding hydrogens is 226 g/mol. The van der Waals surface area contributed by atoms with Gasteiger partial charge in [-0.05, 0) is 23.8 Å². The summed E-state index contributed by atoms with van der Waals surface area (Å²) in [6, 6.07) is 5.35. The Morgan fingerprint density at radius 3 is 2.65 bits per heavy atom. The van der Waals surface area contributed by atoms with Crippen molar-refractivity contribution in [3.8, 4) is 0 Å². The van der Waals surface area contributed by atoms with E-state index in [1.54, 1.807) is 6.07 Å². The molecule has 88 valence electrons. The van der Waals surface area contributed by atoms with Gasteiger partial charge in [0.2, 0.25) is 0 Å². The fourth-order valence-corrected chi connectivity index (χ4v) is 1.38. The number of hydrogen-bond donors (Lipinski definition) is 3. The van der Waals surface area contributed by atoms with Gasteiger partial charge in [0.05, 0.1) is 5.69 Å². The van der Waals surface area contributed by atoms with E-state index in [0.717, 1.165) is 0 Å². The number of benzene rings is 1. The zero-order chi connectivity index (χ0) is 12.4. The van der Waals surface area contributed by atoms with Gasteiger partial charge in [0.1, 0.15) is 5.70 Å². The summed E-state index contributed by atoms with van der Waals surface area (Å²) in [6.45, 7) is 0. The van der Waals surface area contributed by atoms with E-state index < -0.39 is 11.9 Å². The van der Waals surface area contributed by atoms with E-state index >= 15 is 0 Å². The van der Waals surface area contributed by atoms with E-state index in [-0.39, 0.29) is 16.6 Å². The quantitative estimate of drug-likeness (QED) is 0.394. The highest BCUT2D eigenvalue weighted by atomic mass is 16.8. The Kier molecular flexibility index (Phi) is 2.77. The van der Waals surface area contributed by atoms with E-state index in [4.69, 9.17) is 5.21 Å². The average Bonchev–Trinajstić information content (AvgIpc) is 2.58. The van der Waals surface area contributed by atoms with Crippen LogP contribution in [0.1, 0.15) is 5.56 Å². The number of nitrogens with zero attached hydrogens (tertiary/aromatic N) is 1. The van der Waals surface area contributed by atoms with Crippen molar-refractivity contribution in [1.29, 1.82) is 0 Å². The third-order valence-electron chi connectivity index (χ3n) is 2.12. The molecule has 1 fully saturated rings. The van der Waals surface area contributed by atoms with Crippen LogP contribution < -0.4 is 15.9 Å². The van der Waals surface area contributed by atoms with Crippen LogP contribution in [-0.2, 0) is 4.79 Å². The molecule has 0 bridgehead atoms. The number of imide groups is 1. The van der Waals surface area contributed by atoms with Gasteiger partial charge in [-0.3, -0.25) is 15.3 Å². The maximum Gasteiger partial charge on any atom is 0.326 e. The number of amides is 3. The zero-order valence-corrected chi connectivity index (χ0v) is 8.51. The Morgan fingerprint density at radius 2 is 2.06 bits per heavy atom. The predicted octanol–water partition coefficient (Wildman–Crippen LogP) is 0.560. The van der Waals surface area contributed by atoms with Crippen LogP contribution in [0.4, 0.5) is 10.5 Å². The van der Waals surface area contributed by atoms with Gasteiger partial charge in [-0.1, -0.05) is 12.1 Å². The molecule has 1 aromatic rings.